The number of rotatable bonds is 5. The van der Waals surface area contributed by atoms with E-state index in [-0.39, 0.29) is 0 Å². The predicted octanol–water partition coefficient (Wildman–Crippen LogP) is 3.56. The molecule has 2 N–H and O–H groups in total. The summed E-state index contributed by atoms with van der Waals surface area (Å²) in [6.07, 6.45) is 1.43. The van der Waals surface area contributed by atoms with Gasteiger partial charge >= 0.3 is 0 Å². The van der Waals surface area contributed by atoms with Crippen molar-refractivity contribution in [1.29, 1.82) is 0 Å². The Hall–Kier alpha value is -1.76. The van der Waals surface area contributed by atoms with E-state index in [4.69, 9.17) is 0 Å². The molecule has 0 spiro atoms. The van der Waals surface area contributed by atoms with Gasteiger partial charge < -0.3 is 10.6 Å². The Bertz CT molecular complexity index is 607. The van der Waals surface area contributed by atoms with Crippen LogP contribution >= 0.6 is 15.9 Å². The van der Waals surface area contributed by atoms with Crippen LogP contribution in [0.3, 0.4) is 0 Å². The minimum Gasteiger partial charge on any atom is -0.369 e. The van der Waals surface area contributed by atoms with Crippen molar-refractivity contribution in [2.24, 2.45) is 0 Å². The summed E-state index contributed by atoms with van der Waals surface area (Å²) in [7, 11) is 0. The highest BCUT2D eigenvalue weighted by Crippen LogP contribution is 2.26. The lowest BCUT2D eigenvalue weighted by Crippen LogP contribution is -2.06. The Morgan fingerprint density at radius 3 is 2.45 bits per heavy atom. The number of nitrogens with one attached hydrogen (secondary N) is 2. The summed E-state index contributed by atoms with van der Waals surface area (Å²) in [5.41, 5.74) is 0.624. The molecule has 1 aromatic carbocycles. The van der Waals surface area contributed by atoms with Gasteiger partial charge in [0.2, 0.25) is 0 Å². The fraction of sp³-hybridized carbons (Fsp3) is 0.231. The van der Waals surface area contributed by atoms with E-state index < -0.39 is 11.6 Å². The second-order valence-corrected chi connectivity index (χ2v) is 4.81. The highest BCUT2D eigenvalue weighted by atomic mass is 79.9. The molecule has 1 heterocycles. The maximum absolute atomic E-state index is 13.1. The number of nitrogens with zero attached hydrogens (tertiary/aromatic N) is 2. The van der Waals surface area contributed by atoms with Gasteiger partial charge in [-0.3, -0.25) is 0 Å². The zero-order chi connectivity index (χ0) is 14.5. The Morgan fingerprint density at radius 2 is 1.80 bits per heavy atom. The van der Waals surface area contributed by atoms with E-state index in [1.807, 2.05) is 6.92 Å². The maximum atomic E-state index is 13.1. The molecular formula is C13H13BrF2N4. The van der Waals surface area contributed by atoms with Gasteiger partial charge in [-0.25, -0.2) is 18.7 Å². The molecule has 0 aliphatic carbocycles. The van der Waals surface area contributed by atoms with E-state index >= 15 is 0 Å². The molecule has 0 saturated heterocycles. The van der Waals surface area contributed by atoms with Crippen LogP contribution in [0, 0.1) is 11.6 Å². The fourth-order valence-corrected chi connectivity index (χ4v) is 2.10. The second-order valence-electron chi connectivity index (χ2n) is 4.02. The van der Waals surface area contributed by atoms with Crippen LogP contribution < -0.4 is 10.6 Å². The van der Waals surface area contributed by atoms with E-state index in [0.717, 1.165) is 18.7 Å². The lowest BCUT2D eigenvalue weighted by molar-refractivity contribution is 0.507. The Balaban J connectivity index is 2.10. The molecular weight excluding hydrogens is 330 g/mol. The maximum Gasteiger partial charge on any atom is 0.159 e. The first-order valence-corrected chi connectivity index (χ1v) is 6.83. The summed E-state index contributed by atoms with van der Waals surface area (Å²) in [5, 5.41) is 6.13. The van der Waals surface area contributed by atoms with Gasteiger partial charge in [0.25, 0.3) is 0 Å². The van der Waals surface area contributed by atoms with Gasteiger partial charge in [0.1, 0.15) is 22.4 Å². The van der Waals surface area contributed by atoms with Crippen molar-refractivity contribution >= 4 is 27.6 Å². The third-order valence-electron chi connectivity index (χ3n) is 2.58. The van der Waals surface area contributed by atoms with Crippen LogP contribution in [0.25, 0.3) is 0 Å². The van der Waals surface area contributed by atoms with Crippen molar-refractivity contribution in [3.05, 3.63) is 46.2 Å². The lowest BCUT2D eigenvalue weighted by Gasteiger charge is -2.11. The number of halogens is 3. The van der Waals surface area contributed by atoms with Crippen LogP contribution in [0.4, 0.5) is 20.4 Å². The molecule has 2 aromatic rings. The lowest BCUT2D eigenvalue weighted by atomic mass is 10.2. The summed E-state index contributed by atoms with van der Waals surface area (Å²) in [4.78, 5) is 8.19. The van der Waals surface area contributed by atoms with Gasteiger partial charge in [-0.2, -0.15) is 0 Å². The van der Waals surface area contributed by atoms with Crippen molar-refractivity contribution < 1.29 is 8.78 Å². The van der Waals surface area contributed by atoms with Crippen molar-refractivity contribution in [3.8, 4) is 0 Å². The summed E-state index contributed by atoms with van der Waals surface area (Å²) >= 11 is 3.40. The first-order chi connectivity index (χ1) is 9.61. The third kappa shape index (κ3) is 3.41. The van der Waals surface area contributed by atoms with Crippen LogP contribution in [0.15, 0.2) is 29.0 Å². The zero-order valence-corrected chi connectivity index (χ0v) is 12.3. The molecule has 0 saturated carbocycles. The first kappa shape index (κ1) is 14.6. The van der Waals surface area contributed by atoms with Gasteiger partial charge in [-0.15, -0.1) is 0 Å². The molecule has 2 rings (SSSR count). The van der Waals surface area contributed by atoms with Crippen molar-refractivity contribution in [2.45, 2.75) is 13.5 Å². The number of benzene rings is 1. The SMILES string of the molecule is CCNc1ncnc(NCc2ccc(F)c(F)c2)c1Br. The average molecular weight is 343 g/mol. The van der Waals surface area contributed by atoms with Crippen LogP contribution in [0.5, 0.6) is 0 Å². The molecule has 0 aliphatic rings. The summed E-state index contributed by atoms with van der Waals surface area (Å²) in [6, 6.07) is 3.78. The van der Waals surface area contributed by atoms with E-state index in [1.54, 1.807) is 0 Å². The van der Waals surface area contributed by atoms with E-state index in [9.17, 15) is 8.78 Å². The number of anilines is 2. The topological polar surface area (TPSA) is 49.8 Å². The molecule has 0 bridgehead atoms. The average Bonchev–Trinajstić information content (AvgIpc) is 2.44. The van der Waals surface area contributed by atoms with Gasteiger partial charge in [0, 0.05) is 13.1 Å². The third-order valence-corrected chi connectivity index (χ3v) is 3.33. The smallest absolute Gasteiger partial charge is 0.159 e. The number of hydrogen-bond acceptors (Lipinski definition) is 4. The summed E-state index contributed by atoms with van der Waals surface area (Å²) in [5.74, 6) is -0.457. The molecule has 106 valence electrons. The highest BCUT2D eigenvalue weighted by molar-refractivity contribution is 9.10. The molecule has 0 radical (unpaired) electrons. The van der Waals surface area contributed by atoms with Crippen LogP contribution in [-0.2, 0) is 6.54 Å². The van der Waals surface area contributed by atoms with Gasteiger partial charge in [0.15, 0.2) is 11.6 Å². The van der Waals surface area contributed by atoms with Crippen molar-refractivity contribution in [1.82, 2.24) is 9.97 Å². The Morgan fingerprint density at radius 1 is 1.10 bits per heavy atom. The standard InChI is InChI=1S/C13H13BrF2N4/c1-2-17-12-11(14)13(20-7-19-12)18-6-8-3-4-9(15)10(16)5-8/h3-5,7H,2,6H2,1H3,(H2,17,18,19,20). The molecule has 0 atom stereocenters. The summed E-state index contributed by atoms with van der Waals surface area (Å²) < 4.78 is 26.6. The molecule has 0 amide bonds. The van der Waals surface area contributed by atoms with Crippen LogP contribution in [0.2, 0.25) is 0 Å². The largest absolute Gasteiger partial charge is 0.369 e. The number of aromatic nitrogens is 2. The van der Waals surface area contributed by atoms with Crippen LogP contribution in [-0.4, -0.2) is 16.5 Å². The van der Waals surface area contributed by atoms with E-state index in [0.29, 0.717) is 28.2 Å². The minimum atomic E-state index is -0.862. The Labute approximate surface area is 123 Å². The molecule has 1 aromatic heterocycles. The zero-order valence-electron chi connectivity index (χ0n) is 10.8. The molecule has 4 nitrogen and oxygen atoms in total. The quantitative estimate of drug-likeness (QED) is 0.872. The summed E-state index contributed by atoms with van der Waals surface area (Å²) in [6.45, 7) is 3.03. The normalized spacial score (nSPS) is 10.4. The highest BCUT2D eigenvalue weighted by Gasteiger charge is 2.08. The molecule has 20 heavy (non-hydrogen) atoms. The van der Waals surface area contributed by atoms with Gasteiger partial charge in [-0.1, -0.05) is 6.07 Å². The number of hydrogen-bond donors (Lipinski definition) is 2. The first-order valence-electron chi connectivity index (χ1n) is 6.04. The van der Waals surface area contributed by atoms with Crippen molar-refractivity contribution in [3.63, 3.8) is 0 Å². The van der Waals surface area contributed by atoms with Crippen molar-refractivity contribution in [2.75, 3.05) is 17.2 Å². The van der Waals surface area contributed by atoms with Gasteiger partial charge in [0.05, 0.1) is 0 Å². The Kier molecular flexibility index (Phi) is 4.84. The van der Waals surface area contributed by atoms with Gasteiger partial charge in [-0.05, 0) is 40.5 Å². The van der Waals surface area contributed by atoms with E-state index in [2.05, 4.69) is 36.5 Å². The molecule has 0 fully saturated rings. The molecule has 0 aliphatic heterocycles. The molecule has 0 unspecified atom stereocenters. The van der Waals surface area contributed by atoms with Crippen LogP contribution in [0.1, 0.15) is 12.5 Å². The predicted molar refractivity (Wildman–Crippen MR) is 77.6 cm³/mol. The molecule has 7 heteroatoms. The fourth-order valence-electron chi connectivity index (χ4n) is 1.62. The minimum absolute atomic E-state index is 0.332. The van der Waals surface area contributed by atoms with E-state index in [1.165, 1.54) is 12.4 Å². The second kappa shape index (κ2) is 6.60. The monoisotopic (exact) mass is 342 g/mol.